The van der Waals surface area contributed by atoms with Crippen molar-refractivity contribution in [3.8, 4) is 11.5 Å². The van der Waals surface area contributed by atoms with Crippen molar-refractivity contribution in [1.29, 1.82) is 0 Å². The van der Waals surface area contributed by atoms with Crippen LogP contribution in [0.5, 0.6) is 11.5 Å². The van der Waals surface area contributed by atoms with Crippen molar-refractivity contribution in [2.24, 2.45) is 0 Å². The fourth-order valence-corrected chi connectivity index (χ4v) is 12.4. The van der Waals surface area contributed by atoms with E-state index in [4.69, 9.17) is 28.4 Å². The van der Waals surface area contributed by atoms with E-state index in [1.807, 2.05) is 11.6 Å². The highest BCUT2D eigenvalue weighted by Crippen LogP contribution is 2.27. The van der Waals surface area contributed by atoms with Gasteiger partial charge in [-0.25, -0.2) is 23.5 Å². The molecule has 0 spiro atoms. The van der Waals surface area contributed by atoms with Gasteiger partial charge in [-0.05, 0) is 105 Å². The number of sulfonamides is 1. The Morgan fingerprint density at radius 1 is 0.697 bits per heavy atom. The van der Waals surface area contributed by atoms with Gasteiger partial charge in [0, 0.05) is 134 Å². The number of anilines is 1. The van der Waals surface area contributed by atoms with E-state index in [0.717, 1.165) is 11.9 Å². The molecule has 36 heteroatoms. The van der Waals surface area contributed by atoms with Crippen LogP contribution in [-0.4, -0.2) is 267 Å². The van der Waals surface area contributed by atoms with Gasteiger partial charge in [0.05, 0.1) is 62.7 Å². The van der Waals surface area contributed by atoms with Gasteiger partial charge in [-0.2, -0.15) is 9.82 Å². The molecule has 11 N–H and O–H groups in total. The topological polar surface area (TPSA) is 431 Å². The summed E-state index contributed by atoms with van der Waals surface area (Å²) in [6, 6.07) is 11.8. The molecule has 3 heterocycles. The van der Waals surface area contributed by atoms with Gasteiger partial charge in [-0.15, -0.1) is 0 Å². The smallest absolute Gasteiger partial charge is 0.407 e. The van der Waals surface area contributed by atoms with Crippen molar-refractivity contribution in [1.82, 2.24) is 65.3 Å². The number of nitrogens with zero attached hydrogens (tertiary/aromatic N) is 7. The van der Waals surface area contributed by atoms with E-state index in [9.17, 15) is 57.3 Å². The first-order valence-corrected chi connectivity index (χ1v) is 34.7. The van der Waals surface area contributed by atoms with Gasteiger partial charge in [0.15, 0.2) is 5.95 Å². The Labute approximate surface area is 578 Å². The van der Waals surface area contributed by atoms with Gasteiger partial charge in [0.1, 0.15) is 23.6 Å². The minimum atomic E-state index is -4.40. The molecule has 2 aromatic heterocycles. The number of hydrogen-bond donors (Lipinski definition) is 11. The number of aromatic amines is 1. The van der Waals surface area contributed by atoms with Gasteiger partial charge < -0.3 is 79.8 Å². The summed E-state index contributed by atoms with van der Waals surface area (Å²) in [4.78, 5) is 103. The largest absolute Gasteiger partial charge is 0.494 e. The molecule has 2 atom stereocenters. The second-order valence-electron chi connectivity index (χ2n) is 23.0. The Hall–Kier alpha value is -8.27. The van der Waals surface area contributed by atoms with Crippen molar-refractivity contribution in [2.75, 3.05) is 150 Å². The second kappa shape index (κ2) is 43.3. The SMILES string of the molecule is CCN1CCN(CC(=O)O)CCN(CC(=O)N[C@H](Cc2ccc(OSOOO)cc2)C(=O)NCCCOCCOCCOCCCNC(=O)CCCOc2cc(C)c(S(=O)(=O)N[C@@H](CNC(=O)c3ccc4c(cnn4CCCNc4ncc[nH]4)c3)C(=O)O)c(C)c2)CCN(C(=O)O)CC1. The molecule has 1 saturated heterocycles. The van der Waals surface area contributed by atoms with Crippen LogP contribution in [0.2, 0.25) is 0 Å². The Morgan fingerprint density at radius 2 is 1.34 bits per heavy atom. The van der Waals surface area contributed by atoms with Crippen molar-refractivity contribution in [3.05, 3.63) is 95.4 Å². The quantitative estimate of drug-likeness (QED) is 0.0115. The number of hydrogen-bond acceptors (Lipinski definition) is 24. The zero-order valence-electron chi connectivity index (χ0n) is 55.9. The molecule has 1 aliphatic rings. The second-order valence-corrected chi connectivity index (χ2v) is 25.1. The number of aryl methyl sites for hydroxylation is 3. The Kier molecular flexibility index (Phi) is 34.9. The van der Waals surface area contributed by atoms with Crippen LogP contribution in [0, 0.1) is 13.8 Å². The number of ether oxygens (including phenoxy) is 4. The van der Waals surface area contributed by atoms with Crippen LogP contribution in [0.25, 0.3) is 10.9 Å². The monoisotopic (exact) mass is 1430 g/mol. The first-order valence-electron chi connectivity index (χ1n) is 32.5. The zero-order chi connectivity index (χ0) is 71.4. The van der Waals surface area contributed by atoms with Crippen molar-refractivity contribution in [2.45, 2.75) is 82.8 Å². The van der Waals surface area contributed by atoms with Crippen LogP contribution in [0.15, 0.2) is 78.1 Å². The molecule has 34 nitrogen and oxygen atoms in total. The number of carbonyl (C=O) groups excluding carboxylic acids is 4. The number of carboxylic acids is 2. The average Bonchev–Trinajstić information content (AvgIpc) is 0.977. The molecule has 546 valence electrons. The molecular weight excluding hydrogens is 1340 g/mol. The minimum absolute atomic E-state index is 0.0847. The van der Waals surface area contributed by atoms with E-state index in [1.165, 1.54) is 17.0 Å². The molecule has 1 aliphatic heterocycles. The van der Waals surface area contributed by atoms with E-state index in [1.54, 1.807) is 84.7 Å². The maximum absolute atomic E-state index is 13.7. The van der Waals surface area contributed by atoms with Crippen molar-refractivity contribution in [3.63, 3.8) is 0 Å². The summed E-state index contributed by atoms with van der Waals surface area (Å²) in [6.45, 7) is 11.2. The molecule has 0 saturated carbocycles. The lowest BCUT2D eigenvalue weighted by Gasteiger charge is -2.32. The number of likely N-dealkylation sites (N-methyl/N-ethyl adjacent to an activating group) is 1. The lowest BCUT2D eigenvalue weighted by Crippen LogP contribution is -2.52. The Morgan fingerprint density at radius 3 is 1.98 bits per heavy atom. The molecule has 3 aromatic carbocycles. The van der Waals surface area contributed by atoms with Crippen LogP contribution in [-0.2, 0) is 70.5 Å². The third kappa shape index (κ3) is 29.2. The summed E-state index contributed by atoms with van der Waals surface area (Å²) in [7, 11) is -4.40. The summed E-state index contributed by atoms with van der Waals surface area (Å²) in [5.74, 6) is -2.84. The van der Waals surface area contributed by atoms with Crippen LogP contribution in [0.1, 0.15) is 66.1 Å². The molecule has 5 amide bonds. The molecule has 0 unspecified atom stereocenters. The van der Waals surface area contributed by atoms with Gasteiger partial charge in [0.2, 0.25) is 27.7 Å². The van der Waals surface area contributed by atoms with Crippen LogP contribution in [0.4, 0.5) is 10.7 Å². The Balaban J connectivity index is 0.816. The summed E-state index contributed by atoms with van der Waals surface area (Å²) < 4.78 is 63.6. The van der Waals surface area contributed by atoms with E-state index in [-0.39, 0.29) is 88.2 Å². The highest BCUT2D eigenvalue weighted by molar-refractivity contribution is 7.90. The number of carbonyl (C=O) groups is 7. The average molecular weight is 1430 g/mol. The van der Waals surface area contributed by atoms with Crippen molar-refractivity contribution >= 4 is 80.9 Å². The predicted octanol–water partition coefficient (Wildman–Crippen LogP) is 2.36. The van der Waals surface area contributed by atoms with Gasteiger partial charge in [-0.3, -0.25) is 43.2 Å². The lowest BCUT2D eigenvalue weighted by atomic mass is 10.0. The van der Waals surface area contributed by atoms with Gasteiger partial charge in [-0.1, -0.05) is 28.4 Å². The molecule has 6 rings (SSSR count). The third-order valence-electron chi connectivity index (χ3n) is 15.6. The zero-order valence-corrected chi connectivity index (χ0v) is 57.5. The van der Waals surface area contributed by atoms with E-state index >= 15 is 0 Å². The number of carboxylic acid groups (broad SMARTS) is 3. The number of rotatable bonds is 44. The van der Waals surface area contributed by atoms with Gasteiger partial charge in [0.25, 0.3) is 18.2 Å². The first kappa shape index (κ1) is 79.7. The summed E-state index contributed by atoms with van der Waals surface area (Å²) >= 11 is 0.374. The molecule has 5 aromatic rings. The first-order chi connectivity index (χ1) is 47.7. The van der Waals surface area contributed by atoms with Crippen LogP contribution < -0.4 is 40.2 Å². The molecule has 99 heavy (non-hydrogen) atoms. The minimum Gasteiger partial charge on any atom is -0.494 e. The molecular formula is C63H92N14O20S2. The number of fused-ring (bicyclic) bond motifs is 1. The number of amides is 5. The lowest BCUT2D eigenvalue weighted by molar-refractivity contribution is -0.433. The van der Waals surface area contributed by atoms with Crippen molar-refractivity contribution < 1.29 is 95.1 Å². The maximum atomic E-state index is 13.7. The number of aliphatic carboxylic acids is 2. The molecule has 0 aliphatic carbocycles. The van der Waals surface area contributed by atoms with E-state index < -0.39 is 64.4 Å². The fraction of sp³-hybridized carbons (Fsp3) is 0.540. The highest BCUT2D eigenvalue weighted by Gasteiger charge is 2.30. The predicted molar refractivity (Wildman–Crippen MR) is 361 cm³/mol. The number of aromatic nitrogens is 4. The van der Waals surface area contributed by atoms with E-state index in [2.05, 4.69) is 60.6 Å². The fourth-order valence-electron chi connectivity index (χ4n) is 10.5. The highest BCUT2D eigenvalue weighted by atomic mass is 32.2. The molecule has 0 radical (unpaired) electrons. The summed E-state index contributed by atoms with van der Waals surface area (Å²) in [5.41, 5.74) is 2.30. The summed E-state index contributed by atoms with van der Waals surface area (Å²) in [6.07, 6.45) is 6.29. The molecule has 0 bridgehead atoms. The maximum Gasteiger partial charge on any atom is 0.407 e. The number of imidazole rings is 1. The normalized spacial score (nSPS) is 14.3. The molecule has 1 fully saturated rings. The summed E-state index contributed by atoms with van der Waals surface area (Å²) in [5, 5.41) is 60.8. The Bertz CT molecular complexity index is 3420. The third-order valence-corrected chi connectivity index (χ3v) is 17.8. The van der Waals surface area contributed by atoms with Gasteiger partial charge >= 0.3 is 18.0 Å². The van der Waals surface area contributed by atoms with Crippen LogP contribution >= 0.6 is 12.3 Å². The standard InChI is InChI=1S/C63H92N14O20S2/c1-4-73-22-23-75(44-57(80)81)25-24-74(27-29-76(28-26-73)63(86)87)43-56(79)71-52(39-47-10-13-50(14-11-47)95-98-97-96-88)60(83)65-18-8-31-92-34-36-93-35-33-91-30-7-17-64-55(78)9-5-32-94-51-37-45(2)58(46(3)38-51)99(89,90)72-53(61(84)85)42-69-59(82)48-12-15-54-49(40-48)41-70-77(54)21-6-16-66-62-67-19-20-68-62/h10-15,19-20,37-38,40-41,52-53,72,88H,4-9,16-18,21-36,39,42-44H2,1-3H3,(H,64,78)(H,65,83)(H,69,82)(H,71,79)(H,80,81)(H,84,85)(H,86,87)(H2,66,67,68)/t52-,53+/m1/s1. The number of benzene rings is 3. The number of nitrogens with one attached hydrogen (secondary N) is 7. The number of H-pyrrole nitrogens is 1. The van der Waals surface area contributed by atoms with Crippen LogP contribution in [0.3, 0.4) is 0 Å². The van der Waals surface area contributed by atoms with E-state index in [0.29, 0.717) is 157 Å².